The lowest BCUT2D eigenvalue weighted by Crippen LogP contribution is -2.67. The second-order valence-electron chi connectivity index (χ2n) is 4.98. The van der Waals surface area contributed by atoms with Gasteiger partial charge in [-0.2, -0.15) is 0 Å². The Balaban J connectivity index is 2.50. The van der Waals surface area contributed by atoms with Crippen molar-refractivity contribution in [1.82, 2.24) is 0 Å². The van der Waals surface area contributed by atoms with E-state index in [0.717, 1.165) is 12.8 Å². The number of hydrogen-bond acceptors (Lipinski definition) is 7. The summed E-state index contributed by atoms with van der Waals surface area (Å²) in [5.74, 6) is -2.59. The van der Waals surface area contributed by atoms with E-state index < -0.39 is 36.0 Å². The number of aliphatic hydroxyl groups is 1. The summed E-state index contributed by atoms with van der Waals surface area (Å²) in [5, 5.41) is 10.1. The first kappa shape index (κ1) is 17.4. The summed E-state index contributed by atoms with van der Waals surface area (Å²) in [5.41, 5.74) is -2.17. The second-order valence-corrected chi connectivity index (χ2v) is 4.98. The fraction of sp³-hybridized carbons (Fsp3) is 0.786. The zero-order chi connectivity index (χ0) is 15.9. The van der Waals surface area contributed by atoms with Gasteiger partial charge < -0.3 is 19.3 Å². The molecule has 1 aliphatic rings. The number of esters is 3. The van der Waals surface area contributed by atoms with Gasteiger partial charge in [-0.15, -0.1) is 0 Å². The van der Waals surface area contributed by atoms with Gasteiger partial charge in [-0.05, 0) is 12.8 Å². The van der Waals surface area contributed by atoms with Crippen molar-refractivity contribution in [1.29, 1.82) is 0 Å². The Labute approximate surface area is 123 Å². The molecule has 0 aliphatic carbocycles. The van der Waals surface area contributed by atoms with Gasteiger partial charge in [-0.1, -0.05) is 26.7 Å². The molecule has 21 heavy (non-hydrogen) atoms. The minimum absolute atomic E-state index is 0.181. The van der Waals surface area contributed by atoms with Gasteiger partial charge in [0.1, 0.15) is 0 Å². The summed E-state index contributed by atoms with van der Waals surface area (Å²) in [7, 11) is 0. The van der Waals surface area contributed by atoms with Crippen molar-refractivity contribution in [3.63, 3.8) is 0 Å². The number of unbranched alkanes of at least 4 members (excludes halogenated alkanes) is 2. The highest BCUT2D eigenvalue weighted by molar-refractivity contribution is 5.99. The Hall–Kier alpha value is -1.63. The molecule has 0 aromatic rings. The molecule has 1 saturated heterocycles. The maximum Gasteiger partial charge on any atom is 0.351 e. The summed E-state index contributed by atoms with van der Waals surface area (Å²) >= 11 is 0. The molecule has 1 aliphatic heterocycles. The molecular weight excluding hydrogens is 280 g/mol. The SMILES string of the molecule is CCCCOC(=O)C[C@]1(O)C(=O)O[C@H]1C(=O)OCCCC. The van der Waals surface area contributed by atoms with Crippen LogP contribution in [0.5, 0.6) is 0 Å². The molecule has 0 saturated carbocycles. The zero-order valence-electron chi connectivity index (χ0n) is 12.4. The van der Waals surface area contributed by atoms with E-state index in [2.05, 4.69) is 4.74 Å². The van der Waals surface area contributed by atoms with Crippen molar-refractivity contribution in [3.05, 3.63) is 0 Å². The van der Waals surface area contributed by atoms with Gasteiger partial charge in [0.15, 0.2) is 0 Å². The Morgan fingerprint density at radius 3 is 2.29 bits per heavy atom. The Bertz CT molecular complexity index is 393. The molecule has 0 spiro atoms. The molecule has 0 bridgehead atoms. The highest BCUT2D eigenvalue weighted by atomic mass is 16.6. The minimum atomic E-state index is -2.17. The van der Waals surface area contributed by atoms with Gasteiger partial charge >= 0.3 is 17.9 Å². The first-order valence-electron chi connectivity index (χ1n) is 7.21. The van der Waals surface area contributed by atoms with E-state index >= 15 is 0 Å². The van der Waals surface area contributed by atoms with E-state index in [1.807, 2.05) is 13.8 Å². The summed E-state index contributed by atoms with van der Waals surface area (Å²) in [6, 6.07) is 0. The molecule has 7 heteroatoms. The van der Waals surface area contributed by atoms with E-state index in [9.17, 15) is 19.5 Å². The van der Waals surface area contributed by atoms with Crippen molar-refractivity contribution in [2.75, 3.05) is 13.2 Å². The van der Waals surface area contributed by atoms with Crippen LogP contribution in [0.25, 0.3) is 0 Å². The van der Waals surface area contributed by atoms with Crippen LogP contribution in [0.2, 0.25) is 0 Å². The first-order valence-corrected chi connectivity index (χ1v) is 7.21. The van der Waals surface area contributed by atoms with E-state index in [-0.39, 0.29) is 13.2 Å². The topological polar surface area (TPSA) is 99.1 Å². The molecule has 1 heterocycles. The molecule has 1 fully saturated rings. The molecule has 0 aromatic carbocycles. The smallest absolute Gasteiger partial charge is 0.351 e. The lowest BCUT2D eigenvalue weighted by Gasteiger charge is -2.39. The Morgan fingerprint density at radius 2 is 1.76 bits per heavy atom. The monoisotopic (exact) mass is 302 g/mol. The van der Waals surface area contributed by atoms with Gasteiger partial charge in [0.05, 0.1) is 19.6 Å². The molecule has 2 atom stereocenters. The Kier molecular flexibility index (Phi) is 6.61. The number of ether oxygens (including phenoxy) is 3. The number of cyclic esters (lactones) is 1. The van der Waals surface area contributed by atoms with Crippen LogP contribution in [-0.2, 0) is 28.6 Å². The van der Waals surface area contributed by atoms with Crippen LogP contribution < -0.4 is 0 Å². The standard InChI is InChI=1S/C14H22O7/c1-3-5-7-19-10(15)9-14(18)11(21-13(14)17)12(16)20-8-6-4-2/h11,18H,3-9H2,1-2H3/t11-,14+/m0/s1. The average molecular weight is 302 g/mol. The highest BCUT2D eigenvalue weighted by Crippen LogP contribution is 2.32. The number of carbonyl (C=O) groups excluding carboxylic acids is 3. The molecule has 7 nitrogen and oxygen atoms in total. The van der Waals surface area contributed by atoms with Crippen LogP contribution in [0.15, 0.2) is 0 Å². The maximum absolute atomic E-state index is 11.7. The second kappa shape index (κ2) is 7.97. The molecule has 0 amide bonds. The third-order valence-electron chi connectivity index (χ3n) is 3.14. The maximum atomic E-state index is 11.7. The van der Waals surface area contributed by atoms with Gasteiger partial charge in [0, 0.05) is 0 Å². The largest absolute Gasteiger partial charge is 0.466 e. The number of hydrogen-bond donors (Lipinski definition) is 1. The minimum Gasteiger partial charge on any atom is -0.466 e. The van der Waals surface area contributed by atoms with Crippen molar-refractivity contribution < 1.29 is 33.7 Å². The molecule has 1 N–H and O–H groups in total. The average Bonchev–Trinajstić information content (AvgIpc) is 2.45. The van der Waals surface area contributed by atoms with Crippen LogP contribution in [0, 0.1) is 0 Å². The van der Waals surface area contributed by atoms with Crippen LogP contribution in [0.4, 0.5) is 0 Å². The summed E-state index contributed by atoms with van der Waals surface area (Å²) in [6.45, 7) is 4.26. The van der Waals surface area contributed by atoms with Crippen LogP contribution in [-0.4, -0.2) is 47.9 Å². The lowest BCUT2D eigenvalue weighted by molar-refractivity contribution is -0.237. The molecular formula is C14H22O7. The normalized spacial score (nSPS) is 24.0. The first-order chi connectivity index (χ1) is 9.95. The quantitative estimate of drug-likeness (QED) is 0.380. The van der Waals surface area contributed by atoms with Crippen LogP contribution in [0.3, 0.4) is 0 Å². The molecule has 0 unspecified atom stereocenters. The highest BCUT2D eigenvalue weighted by Gasteiger charge is 2.63. The van der Waals surface area contributed by atoms with Crippen molar-refractivity contribution in [2.24, 2.45) is 0 Å². The molecule has 120 valence electrons. The summed E-state index contributed by atoms with van der Waals surface area (Å²) in [6.07, 6.45) is 0.988. The van der Waals surface area contributed by atoms with E-state index in [1.54, 1.807) is 0 Å². The van der Waals surface area contributed by atoms with Gasteiger partial charge in [0.25, 0.3) is 0 Å². The predicted octanol–water partition coefficient (Wildman–Crippen LogP) is 0.720. The lowest BCUT2D eigenvalue weighted by atomic mass is 9.87. The van der Waals surface area contributed by atoms with Crippen molar-refractivity contribution >= 4 is 17.9 Å². The van der Waals surface area contributed by atoms with Crippen LogP contribution >= 0.6 is 0 Å². The number of carbonyl (C=O) groups is 3. The Morgan fingerprint density at radius 1 is 1.19 bits per heavy atom. The van der Waals surface area contributed by atoms with Gasteiger partial charge in [-0.3, -0.25) is 4.79 Å². The predicted molar refractivity (Wildman–Crippen MR) is 71.2 cm³/mol. The third kappa shape index (κ3) is 4.42. The molecule has 0 radical (unpaired) electrons. The van der Waals surface area contributed by atoms with Gasteiger partial charge in [0.2, 0.25) is 11.7 Å². The molecule has 0 aromatic heterocycles. The van der Waals surface area contributed by atoms with Gasteiger partial charge in [-0.25, -0.2) is 9.59 Å². The third-order valence-corrected chi connectivity index (χ3v) is 3.14. The van der Waals surface area contributed by atoms with E-state index in [1.165, 1.54) is 0 Å². The van der Waals surface area contributed by atoms with Crippen molar-refractivity contribution in [2.45, 2.75) is 57.7 Å². The van der Waals surface area contributed by atoms with Crippen molar-refractivity contribution in [3.8, 4) is 0 Å². The van der Waals surface area contributed by atoms with Crippen LogP contribution in [0.1, 0.15) is 46.0 Å². The zero-order valence-corrected chi connectivity index (χ0v) is 12.4. The fourth-order valence-electron chi connectivity index (χ4n) is 1.76. The summed E-state index contributed by atoms with van der Waals surface area (Å²) in [4.78, 5) is 34.6. The van der Waals surface area contributed by atoms with E-state index in [4.69, 9.17) is 9.47 Å². The number of rotatable bonds is 9. The van der Waals surface area contributed by atoms with E-state index in [0.29, 0.717) is 12.8 Å². The fourth-order valence-corrected chi connectivity index (χ4v) is 1.76. The summed E-state index contributed by atoms with van der Waals surface area (Å²) < 4.78 is 14.4. The molecule has 1 rings (SSSR count).